The Morgan fingerprint density at radius 2 is 1.24 bits per heavy atom. The lowest BCUT2D eigenvalue weighted by Gasteiger charge is -2.05. The summed E-state index contributed by atoms with van der Waals surface area (Å²) in [6.07, 6.45) is 10.4. The van der Waals surface area contributed by atoms with Crippen LogP contribution >= 0.6 is 0 Å². The third kappa shape index (κ3) is 25.9. The number of hydrogen-bond donors (Lipinski definition) is 0. The van der Waals surface area contributed by atoms with E-state index in [0.717, 1.165) is 19.1 Å². The Bertz CT molecular complexity index is 108. The number of unbranched alkanes of at least 4 members (excludes halogenated alkanes) is 4. The van der Waals surface area contributed by atoms with Crippen molar-refractivity contribution in [2.75, 3.05) is 13.2 Å². The average molecular weight is 244 g/mol. The van der Waals surface area contributed by atoms with Gasteiger partial charge in [-0.2, -0.15) is 0 Å². The van der Waals surface area contributed by atoms with E-state index in [9.17, 15) is 0 Å². The van der Waals surface area contributed by atoms with Crippen molar-refractivity contribution in [2.24, 2.45) is 5.92 Å². The third-order valence-corrected chi connectivity index (χ3v) is 2.67. The lowest BCUT2D eigenvalue weighted by molar-refractivity contribution is 0.124. The van der Waals surface area contributed by atoms with Gasteiger partial charge in [0.1, 0.15) is 0 Å². The van der Waals surface area contributed by atoms with E-state index >= 15 is 0 Å². The first-order chi connectivity index (χ1) is 8.18. The van der Waals surface area contributed by atoms with Crippen LogP contribution in [-0.2, 0) is 4.74 Å². The molecule has 0 heterocycles. The van der Waals surface area contributed by atoms with Crippen molar-refractivity contribution in [3.8, 4) is 0 Å². The van der Waals surface area contributed by atoms with E-state index in [1.54, 1.807) is 0 Å². The number of rotatable bonds is 10. The summed E-state index contributed by atoms with van der Waals surface area (Å²) in [5, 5.41) is 0. The first-order valence-corrected chi connectivity index (χ1v) is 7.76. The van der Waals surface area contributed by atoms with Crippen molar-refractivity contribution >= 4 is 0 Å². The smallest absolute Gasteiger partial charge is 0.0466 e. The Morgan fingerprint density at radius 1 is 0.706 bits per heavy atom. The van der Waals surface area contributed by atoms with Crippen molar-refractivity contribution < 1.29 is 4.74 Å². The molecule has 0 amide bonds. The molecule has 0 aliphatic rings. The summed E-state index contributed by atoms with van der Waals surface area (Å²) < 4.78 is 5.49. The van der Waals surface area contributed by atoms with Crippen molar-refractivity contribution in [1.29, 1.82) is 0 Å². The minimum Gasteiger partial charge on any atom is -0.381 e. The molecule has 0 aliphatic carbocycles. The second-order valence-corrected chi connectivity index (χ2v) is 5.21. The molecule has 0 atom stereocenters. The van der Waals surface area contributed by atoms with Gasteiger partial charge >= 0.3 is 0 Å². The van der Waals surface area contributed by atoms with E-state index in [2.05, 4.69) is 34.6 Å². The molecule has 0 aromatic heterocycles. The summed E-state index contributed by atoms with van der Waals surface area (Å²) in [7, 11) is 0. The molecule has 0 unspecified atom stereocenters. The maximum Gasteiger partial charge on any atom is 0.0466 e. The second-order valence-electron chi connectivity index (χ2n) is 5.21. The molecule has 0 bridgehead atoms. The van der Waals surface area contributed by atoms with Crippen LogP contribution in [0.4, 0.5) is 0 Å². The number of hydrogen-bond acceptors (Lipinski definition) is 1. The predicted molar refractivity (Wildman–Crippen MR) is 79.6 cm³/mol. The van der Waals surface area contributed by atoms with E-state index in [1.807, 2.05) is 0 Å². The molecule has 0 radical (unpaired) electrons. The first kappa shape index (κ1) is 19.3. The van der Waals surface area contributed by atoms with Crippen molar-refractivity contribution in [3.63, 3.8) is 0 Å². The molecule has 106 valence electrons. The Balaban J connectivity index is 0. The first-order valence-electron chi connectivity index (χ1n) is 7.76. The maximum absolute atomic E-state index is 5.49. The summed E-state index contributed by atoms with van der Waals surface area (Å²) in [4.78, 5) is 0. The predicted octanol–water partition coefficient (Wildman–Crippen LogP) is 5.83. The molecule has 1 heteroatoms. The normalized spacial score (nSPS) is 10.2. The van der Waals surface area contributed by atoms with E-state index in [1.165, 1.54) is 51.4 Å². The lowest BCUT2D eigenvalue weighted by atomic mass is 10.1. The summed E-state index contributed by atoms with van der Waals surface area (Å²) in [6, 6.07) is 0. The van der Waals surface area contributed by atoms with Gasteiger partial charge in [0, 0.05) is 13.2 Å². The highest BCUT2D eigenvalue weighted by atomic mass is 16.5. The van der Waals surface area contributed by atoms with Gasteiger partial charge < -0.3 is 4.74 Å². The van der Waals surface area contributed by atoms with Crippen LogP contribution in [0.25, 0.3) is 0 Å². The van der Waals surface area contributed by atoms with Gasteiger partial charge in [0.2, 0.25) is 0 Å². The van der Waals surface area contributed by atoms with Crippen molar-refractivity contribution in [2.45, 2.75) is 86.0 Å². The van der Waals surface area contributed by atoms with Crippen LogP contribution in [0.5, 0.6) is 0 Å². The van der Waals surface area contributed by atoms with Crippen LogP contribution in [0.3, 0.4) is 0 Å². The highest BCUT2D eigenvalue weighted by Gasteiger charge is 1.93. The zero-order valence-electron chi connectivity index (χ0n) is 13.1. The molecule has 0 fully saturated rings. The van der Waals surface area contributed by atoms with Gasteiger partial charge in [-0.3, -0.25) is 0 Å². The van der Waals surface area contributed by atoms with Crippen LogP contribution in [0.2, 0.25) is 0 Å². The van der Waals surface area contributed by atoms with Gasteiger partial charge in [-0.05, 0) is 25.2 Å². The quantitative estimate of drug-likeness (QED) is 0.440. The Morgan fingerprint density at radius 3 is 1.65 bits per heavy atom. The fourth-order valence-corrected chi connectivity index (χ4v) is 1.50. The van der Waals surface area contributed by atoms with E-state index in [-0.39, 0.29) is 0 Å². The molecule has 0 rings (SSSR count). The summed E-state index contributed by atoms with van der Waals surface area (Å²) in [5.41, 5.74) is 0. The fraction of sp³-hybridized carbons (Fsp3) is 1.00. The van der Waals surface area contributed by atoms with Crippen LogP contribution in [0.15, 0.2) is 0 Å². The maximum atomic E-state index is 5.49. The molecule has 0 N–H and O–H groups in total. The summed E-state index contributed by atoms with van der Waals surface area (Å²) >= 11 is 0. The molecule has 17 heavy (non-hydrogen) atoms. The monoisotopic (exact) mass is 244 g/mol. The highest BCUT2D eigenvalue weighted by molar-refractivity contribution is 4.44. The fourth-order valence-electron chi connectivity index (χ4n) is 1.50. The SMILES string of the molecule is CCCCC.CCCCCOCCCC(C)C. The van der Waals surface area contributed by atoms with Crippen LogP contribution in [-0.4, -0.2) is 13.2 Å². The molecular weight excluding hydrogens is 208 g/mol. The minimum atomic E-state index is 0.823. The molecule has 0 aromatic rings. The minimum absolute atomic E-state index is 0.823. The second kappa shape index (κ2) is 18.3. The average Bonchev–Trinajstić information content (AvgIpc) is 2.29. The zero-order valence-corrected chi connectivity index (χ0v) is 13.1. The largest absolute Gasteiger partial charge is 0.381 e. The van der Waals surface area contributed by atoms with E-state index < -0.39 is 0 Å². The van der Waals surface area contributed by atoms with Gasteiger partial charge in [-0.25, -0.2) is 0 Å². The van der Waals surface area contributed by atoms with Crippen LogP contribution in [0, 0.1) is 5.92 Å². The molecule has 1 nitrogen and oxygen atoms in total. The van der Waals surface area contributed by atoms with Gasteiger partial charge in [0.15, 0.2) is 0 Å². The van der Waals surface area contributed by atoms with Crippen LogP contribution in [0.1, 0.15) is 86.0 Å². The van der Waals surface area contributed by atoms with Gasteiger partial charge in [-0.1, -0.05) is 66.7 Å². The summed E-state index contributed by atoms with van der Waals surface area (Å²) in [6.45, 7) is 13.1. The molecule has 0 aromatic carbocycles. The standard InChI is InChI=1S/C11H24O.C5H12/c1-4-5-6-9-12-10-7-8-11(2)3;1-3-5-4-2/h11H,4-10H2,1-3H3;3-5H2,1-2H3. The van der Waals surface area contributed by atoms with Gasteiger partial charge in [0.25, 0.3) is 0 Å². The molecular formula is C16H36O. The van der Waals surface area contributed by atoms with Crippen LogP contribution < -0.4 is 0 Å². The topological polar surface area (TPSA) is 9.23 Å². The van der Waals surface area contributed by atoms with Crippen molar-refractivity contribution in [1.82, 2.24) is 0 Å². The molecule has 0 spiro atoms. The van der Waals surface area contributed by atoms with E-state index in [4.69, 9.17) is 4.74 Å². The third-order valence-electron chi connectivity index (χ3n) is 2.67. The number of ether oxygens (including phenoxy) is 1. The lowest BCUT2D eigenvalue weighted by Crippen LogP contribution is -1.98. The van der Waals surface area contributed by atoms with Crippen molar-refractivity contribution in [3.05, 3.63) is 0 Å². The Kier molecular flexibility index (Phi) is 20.8. The Labute approximate surface area is 110 Å². The molecule has 0 saturated carbocycles. The van der Waals surface area contributed by atoms with Gasteiger partial charge in [-0.15, -0.1) is 0 Å². The summed E-state index contributed by atoms with van der Waals surface area (Å²) in [5.74, 6) is 0.823. The molecule has 0 aliphatic heterocycles. The zero-order chi connectivity index (χ0) is 13.4. The Hall–Kier alpha value is -0.0400. The highest BCUT2D eigenvalue weighted by Crippen LogP contribution is 2.03. The van der Waals surface area contributed by atoms with E-state index in [0.29, 0.717) is 0 Å². The molecule has 0 saturated heterocycles. The van der Waals surface area contributed by atoms with Gasteiger partial charge in [0.05, 0.1) is 0 Å².